The topological polar surface area (TPSA) is 71.4 Å². The van der Waals surface area contributed by atoms with Crippen molar-refractivity contribution in [1.29, 1.82) is 0 Å². The Morgan fingerprint density at radius 1 is 1.00 bits per heavy atom. The van der Waals surface area contributed by atoms with Crippen LogP contribution in [0.4, 0.5) is 5.69 Å². The highest BCUT2D eigenvalue weighted by Gasteiger charge is 2.41. The number of aromatic hydroxyl groups is 2. The zero-order valence-corrected chi connectivity index (χ0v) is 12.4. The number of nitrogens with zero attached hydrogens (tertiary/aromatic N) is 1. The number of fused-ring (bicyclic) bond motifs is 5. The monoisotopic (exact) mass is 322 g/mol. The molecule has 108 valence electrons. The molecule has 2 atom stereocenters. The molecule has 6 heteroatoms. The fourth-order valence-electron chi connectivity index (χ4n) is 3.41. The lowest BCUT2D eigenvalue weighted by Crippen LogP contribution is -2.00. The summed E-state index contributed by atoms with van der Waals surface area (Å²) in [6, 6.07) is 3.05. The molecule has 0 amide bonds. The summed E-state index contributed by atoms with van der Waals surface area (Å²) in [4.78, 5) is 0. The van der Waals surface area contributed by atoms with Crippen molar-refractivity contribution in [2.75, 3.05) is 5.73 Å². The summed E-state index contributed by atoms with van der Waals surface area (Å²) in [6.45, 7) is 0. The normalized spacial score (nSPS) is 22.0. The highest BCUT2D eigenvalue weighted by molar-refractivity contribution is 6.42. The van der Waals surface area contributed by atoms with Crippen molar-refractivity contribution in [2.24, 2.45) is 0 Å². The van der Waals surface area contributed by atoms with Crippen LogP contribution in [0.5, 0.6) is 11.8 Å². The van der Waals surface area contributed by atoms with Gasteiger partial charge in [0.2, 0.25) is 11.8 Å². The van der Waals surface area contributed by atoms with Crippen molar-refractivity contribution >= 4 is 28.9 Å². The van der Waals surface area contributed by atoms with E-state index in [0.29, 0.717) is 21.4 Å². The van der Waals surface area contributed by atoms with Crippen molar-refractivity contribution in [3.8, 4) is 17.4 Å². The maximum atomic E-state index is 10.5. The molecule has 0 radical (unpaired) electrons. The Bertz CT molecular complexity index is 775. The van der Waals surface area contributed by atoms with Gasteiger partial charge in [-0.25, -0.2) is 4.57 Å². The number of nitrogens with two attached hydrogens (primary N) is 1. The van der Waals surface area contributed by atoms with E-state index in [9.17, 15) is 10.2 Å². The van der Waals surface area contributed by atoms with Gasteiger partial charge >= 0.3 is 0 Å². The van der Waals surface area contributed by atoms with E-state index in [4.69, 9.17) is 28.9 Å². The van der Waals surface area contributed by atoms with Gasteiger partial charge in [-0.3, -0.25) is 0 Å². The predicted molar refractivity (Wildman–Crippen MR) is 82.8 cm³/mol. The van der Waals surface area contributed by atoms with Crippen molar-refractivity contribution in [1.82, 2.24) is 4.57 Å². The van der Waals surface area contributed by atoms with E-state index in [2.05, 4.69) is 12.2 Å². The minimum Gasteiger partial charge on any atom is -0.494 e. The summed E-state index contributed by atoms with van der Waals surface area (Å²) in [5.41, 5.74) is 8.29. The number of rotatable bonds is 1. The largest absolute Gasteiger partial charge is 0.494 e. The Labute approximate surface area is 131 Å². The first-order valence-corrected chi connectivity index (χ1v) is 7.34. The summed E-state index contributed by atoms with van der Waals surface area (Å²) < 4.78 is 1.34. The van der Waals surface area contributed by atoms with Gasteiger partial charge in [0.15, 0.2) is 0 Å². The van der Waals surface area contributed by atoms with E-state index in [1.807, 2.05) is 0 Å². The van der Waals surface area contributed by atoms with E-state index < -0.39 is 0 Å². The molecule has 1 aromatic heterocycles. The predicted octanol–water partition coefficient (Wildman–Crippen LogP) is 3.92. The SMILES string of the molecule is Nc1cc(Cl)c(Cl)cc1-n1c(O)c2c(c1O)[C@H]1C=C[C@@H]2C1. The molecule has 0 unspecified atom stereocenters. The summed E-state index contributed by atoms with van der Waals surface area (Å²) >= 11 is 12.0. The summed E-state index contributed by atoms with van der Waals surface area (Å²) in [5, 5.41) is 21.7. The average molecular weight is 323 g/mol. The van der Waals surface area contributed by atoms with Crippen LogP contribution in [0, 0.1) is 0 Å². The molecule has 4 rings (SSSR count). The molecule has 4 nitrogen and oxygen atoms in total. The van der Waals surface area contributed by atoms with Crippen LogP contribution in [0.25, 0.3) is 5.69 Å². The molecule has 0 saturated carbocycles. The maximum Gasteiger partial charge on any atom is 0.202 e. The third-order valence-corrected chi connectivity index (χ3v) is 5.05. The van der Waals surface area contributed by atoms with E-state index in [0.717, 1.165) is 17.5 Å². The average Bonchev–Trinajstić information content (AvgIpc) is 3.09. The van der Waals surface area contributed by atoms with E-state index in [1.165, 1.54) is 10.6 Å². The second-order valence-electron chi connectivity index (χ2n) is 5.47. The van der Waals surface area contributed by atoms with Crippen LogP contribution in [0.2, 0.25) is 10.0 Å². The second kappa shape index (κ2) is 4.12. The van der Waals surface area contributed by atoms with E-state index in [1.54, 1.807) is 6.07 Å². The first kappa shape index (κ1) is 12.9. The smallest absolute Gasteiger partial charge is 0.202 e. The fourth-order valence-corrected chi connectivity index (χ4v) is 3.74. The molecular weight excluding hydrogens is 311 g/mol. The van der Waals surface area contributed by atoms with Crippen LogP contribution in [-0.4, -0.2) is 14.8 Å². The molecule has 1 aromatic carbocycles. The van der Waals surface area contributed by atoms with Crippen LogP contribution in [0.15, 0.2) is 24.3 Å². The van der Waals surface area contributed by atoms with Gasteiger partial charge in [0.25, 0.3) is 0 Å². The first-order valence-electron chi connectivity index (χ1n) is 6.58. The lowest BCUT2D eigenvalue weighted by atomic mass is 10.0. The Balaban J connectivity index is 1.98. The van der Waals surface area contributed by atoms with Gasteiger partial charge in [-0.15, -0.1) is 0 Å². The first-order chi connectivity index (χ1) is 9.99. The van der Waals surface area contributed by atoms with Gasteiger partial charge < -0.3 is 15.9 Å². The molecule has 1 heterocycles. The van der Waals surface area contributed by atoms with E-state index >= 15 is 0 Å². The Morgan fingerprint density at radius 3 is 2.10 bits per heavy atom. The van der Waals surface area contributed by atoms with Gasteiger partial charge in [-0.1, -0.05) is 35.4 Å². The molecular formula is C15H12Cl2N2O2. The zero-order chi connectivity index (χ0) is 14.9. The maximum absolute atomic E-state index is 10.5. The van der Waals surface area contributed by atoms with Crippen molar-refractivity contribution in [3.63, 3.8) is 0 Å². The summed E-state index contributed by atoms with van der Waals surface area (Å²) in [6.07, 6.45) is 5.03. The van der Waals surface area contributed by atoms with Crippen LogP contribution < -0.4 is 5.73 Å². The fraction of sp³-hybridized carbons (Fsp3) is 0.200. The van der Waals surface area contributed by atoms with Crippen molar-refractivity contribution < 1.29 is 10.2 Å². The number of nitrogen functional groups attached to an aromatic ring is 1. The number of allylic oxidation sites excluding steroid dienone is 2. The number of anilines is 1. The quantitative estimate of drug-likeness (QED) is 0.550. The third-order valence-electron chi connectivity index (χ3n) is 4.33. The lowest BCUT2D eigenvalue weighted by Gasteiger charge is -2.13. The molecule has 2 aromatic rings. The minimum absolute atomic E-state index is 0.0180. The number of halogens is 2. The van der Waals surface area contributed by atoms with Gasteiger partial charge in [-0.2, -0.15) is 0 Å². The summed E-state index contributed by atoms with van der Waals surface area (Å²) in [7, 11) is 0. The lowest BCUT2D eigenvalue weighted by molar-refractivity contribution is 0.395. The number of hydrogen-bond donors (Lipinski definition) is 3. The highest BCUT2D eigenvalue weighted by atomic mass is 35.5. The Hall–Kier alpha value is -1.78. The van der Waals surface area contributed by atoms with Crippen molar-refractivity contribution in [3.05, 3.63) is 45.5 Å². The molecule has 0 saturated heterocycles. The van der Waals surface area contributed by atoms with Crippen LogP contribution in [-0.2, 0) is 0 Å². The van der Waals surface area contributed by atoms with Crippen LogP contribution in [0.1, 0.15) is 29.4 Å². The highest BCUT2D eigenvalue weighted by Crippen LogP contribution is 2.57. The van der Waals surface area contributed by atoms with E-state index in [-0.39, 0.29) is 23.6 Å². The standard InChI is InChI=1S/C15H12Cl2N2O2/c16-8-4-10(18)11(5-9(8)17)19-14(20)12-6-1-2-7(3-6)13(12)15(19)21/h1-2,4-7,20-21H,3,18H2/t6-,7+. The Morgan fingerprint density at radius 2 is 1.52 bits per heavy atom. The molecule has 21 heavy (non-hydrogen) atoms. The second-order valence-corrected chi connectivity index (χ2v) is 6.28. The number of benzene rings is 1. The third kappa shape index (κ3) is 1.57. The van der Waals surface area contributed by atoms with Gasteiger partial charge in [0, 0.05) is 23.0 Å². The number of aromatic nitrogens is 1. The number of hydrogen-bond acceptors (Lipinski definition) is 3. The molecule has 0 aliphatic heterocycles. The van der Waals surface area contributed by atoms with Gasteiger partial charge in [0.05, 0.1) is 21.4 Å². The molecule has 0 fully saturated rings. The van der Waals surface area contributed by atoms with Gasteiger partial charge in [-0.05, 0) is 18.6 Å². The van der Waals surface area contributed by atoms with Crippen LogP contribution >= 0.6 is 23.2 Å². The van der Waals surface area contributed by atoms with Gasteiger partial charge in [0.1, 0.15) is 0 Å². The molecule has 0 spiro atoms. The Kier molecular flexibility index (Phi) is 2.53. The zero-order valence-electron chi connectivity index (χ0n) is 10.8. The molecule has 2 bridgehead atoms. The summed E-state index contributed by atoms with van der Waals surface area (Å²) in [5.74, 6) is 0.344. The molecule has 2 aliphatic carbocycles. The molecule has 4 N–H and O–H groups in total. The van der Waals surface area contributed by atoms with Crippen molar-refractivity contribution in [2.45, 2.75) is 18.3 Å². The molecule has 2 aliphatic rings. The minimum atomic E-state index is 0.0180. The van der Waals surface area contributed by atoms with Crippen LogP contribution in [0.3, 0.4) is 0 Å².